The molecule has 0 saturated heterocycles. The topological polar surface area (TPSA) is 132 Å². The average molecular weight is 750 g/mol. The highest BCUT2D eigenvalue weighted by Crippen LogP contribution is 2.37. The minimum Gasteiger partial charge on any atom is -0.493 e. The molecule has 1 atom stereocenters. The third-order valence-electron chi connectivity index (χ3n) is 7.89. The lowest BCUT2D eigenvalue weighted by Crippen LogP contribution is -2.30. The highest BCUT2D eigenvalue weighted by atomic mass is 32.2. The van der Waals surface area contributed by atoms with Crippen molar-refractivity contribution >= 4 is 63.6 Å². The highest BCUT2D eigenvalue weighted by molar-refractivity contribution is 8.00. The molecule has 0 bridgehead atoms. The van der Waals surface area contributed by atoms with Crippen LogP contribution in [0.25, 0.3) is 17.2 Å². The van der Waals surface area contributed by atoms with Gasteiger partial charge in [-0.2, -0.15) is 0 Å². The van der Waals surface area contributed by atoms with Crippen molar-refractivity contribution in [3.8, 4) is 22.6 Å². The molecule has 1 heterocycles. The van der Waals surface area contributed by atoms with Crippen molar-refractivity contribution in [2.75, 3.05) is 31.5 Å². The molecule has 0 aliphatic carbocycles. The number of benzene rings is 4. The molecule has 0 spiro atoms. The normalized spacial score (nSPS) is 11.6. The highest BCUT2D eigenvalue weighted by Gasteiger charge is 2.25. The van der Waals surface area contributed by atoms with Gasteiger partial charge in [0.05, 0.1) is 26.1 Å². The third-order valence-corrected chi connectivity index (χ3v) is 9.88. The number of ether oxygens (including phenoxy) is 3. The fraction of sp³-hybridized carbons (Fsp3) is 0.171. The molecule has 0 aliphatic rings. The zero-order chi connectivity index (χ0) is 37.9. The van der Waals surface area contributed by atoms with Gasteiger partial charge in [0.25, 0.3) is 11.8 Å². The quantitative estimate of drug-likeness (QED) is 0.0586. The van der Waals surface area contributed by atoms with E-state index in [0.29, 0.717) is 49.3 Å². The number of nitrogens with one attached hydrogen (secondary N) is 3. The van der Waals surface area contributed by atoms with Crippen LogP contribution in [0.3, 0.4) is 0 Å². The standard InChI is InChI=1S/C41H39N3O7S2/c1-6-51-41(48)36-32(28-18-15-25(2)16-19-28)24-52-40(36)44-37(45)26(3)53-31-14-10-13-30(23-31)42-39(47)33(43-38(46)29-11-8-7-9-12-29)21-27-17-20-34(49-4)35(22-27)50-5/h7-24,26H,6H2,1-5H3,(H,42,47)(H,43,46)(H,44,45)/b33-21+. The Bertz CT molecular complexity index is 2130. The van der Waals surface area contributed by atoms with Crippen molar-refractivity contribution in [3.05, 3.63) is 130 Å². The molecule has 1 unspecified atom stereocenters. The van der Waals surface area contributed by atoms with Crippen molar-refractivity contribution in [1.82, 2.24) is 5.32 Å². The van der Waals surface area contributed by atoms with Crippen LogP contribution in [0.2, 0.25) is 0 Å². The number of carbonyl (C=O) groups excluding carboxylic acids is 4. The maximum Gasteiger partial charge on any atom is 0.341 e. The Morgan fingerprint density at radius 2 is 1.58 bits per heavy atom. The van der Waals surface area contributed by atoms with Gasteiger partial charge in [0.15, 0.2) is 11.5 Å². The lowest BCUT2D eigenvalue weighted by Gasteiger charge is -2.15. The second-order valence-corrected chi connectivity index (χ2v) is 14.0. The van der Waals surface area contributed by atoms with Crippen molar-refractivity contribution in [2.24, 2.45) is 0 Å². The Kier molecular flexibility index (Phi) is 13.1. The second-order valence-electron chi connectivity index (χ2n) is 11.7. The molecule has 5 aromatic rings. The van der Waals surface area contributed by atoms with Crippen LogP contribution in [0.15, 0.2) is 113 Å². The van der Waals surface area contributed by atoms with Crippen LogP contribution in [-0.4, -0.2) is 49.8 Å². The van der Waals surface area contributed by atoms with Gasteiger partial charge in [-0.15, -0.1) is 23.1 Å². The smallest absolute Gasteiger partial charge is 0.341 e. The molecule has 0 saturated carbocycles. The van der Waals surface area contributed by atoms with Crippen molar-refractivity contribution < 1.29 is 33.4 Å². The monoisotopic (exact) mass is 749 g/mol. The van der Waals surface area contributed by atoms with E-state index in [1.807, 2.05) is 42.6 Å². The molecule has 10 nitrogen and oxygen atoms in total. The summed E-state index contributed by atoms with van der Waals surface area (Å²) in [5, 5.41) is 10.2. The number of aryl methyl sites for hydroxylation is 1. The first kappa shape index (κ1) is 38.4. The summed E-state index contributed by atoms with van der Waals surface area (Å²) < 4.78 is 16.1. The fourth-order valence-electron chi connectivity index (χ4n) is 5.17. The van der Waals surface area contributed by atoms with E-state index in [1.165, 1.54) is 37.3 Å². The number of thiophene rings is 1. The predicted molar refractivity (Wildman–Crippen MR) is 211 cm³/mol. The van der Waals surface area contributed by atoms with Crippen LogP contribution >= 0.6 is 23.1 Å². The summed E-state index contributed by atoms with van der Waals surface area (Å²) in [6.07, 6.45) is 1.54. The summed E-state index contributed by atoms with van der Waals surface area (Å²) in [5.41, 5.74) is 4.35. The summed E-state index contributed by atoms with van der Waals surface area (Å²) >= 11 is 2.55. The van der Waals surface area contributed by atoms with Gasteiger partial charge < -0.3 is 30.2 Å². The Hall–Kier alpha value is -5.85. The van der Waals surface area contributed by atoms with Gasteiger partial charge in [-0.3, -0.25) is 14.4 Å². The second kappa shape index (κ2) is 18.1. The molecular weight excluding hydrogens is 711 g/mol. The number of hydrogen-bond donors (Lipinski definition) is 3. The molecule has 0 fully saturated rings. The van der Waals surface area contributed by atoms with Gasteiger partial charge in [-0.25, -0.2) is 4.79 Å². The number of anilines is 2. The molecule has 53 heavy (non-hydrogen) atoms. The lowest BCUT2D eigenvalue weighted by atomic mass is 10.0. The average Bonchev–Trinajstić information content (AvgIpc) is 3.58. The molecule has 272 valence electrons. The third kappa shape index (κ3) is 9.94. The Morgan fingerprint density at radius 3 is 2.28 bits per heavy atom. The van der Waals surface area contributed by atoms with Gasteiger partial charge >= 0.3 is 5.97 Å². The largest absolute Gasteiger partial charge is 0.493 e. The van der Waals surface area contributed by atoms with E-state index in [2.05, 4.69) is 16.0 Å². The van der Waals surface area contributed by atoms with Crippen LogP contribution in [-0.2, 0) is 14.3 Å². The van der Waals surface area contributed by atoms with Crippen molar-refractivity contribution in [2.45, 2.75) is 30.9 Å². The molecular formula is C41H39N3O7S2. The number of esters is 1. The van der Waals surface area contributed by atoms with E-state index in [4.69, 9.17) is 14.2 Å². The molecule has 3 N–H and O–H groups in total. The SMILES string of the molecule is CCOC(=O)c1c(-c2ccc(C)cc2)csc1NC(=O)C(C)Sc1cccc(NC(=O)/C(=C\c2ccc(OC)c(OC)c2)NC(=O)c2ccccc2)c1. The summed E-state index contributed by atoms with van der Waals surface area (Å²) in [7, 11) is 3.04. The molecule has 4 aromatic carbocycles. The summed E-state index contributed by atoms with van der Waals surface area (Å²) in [5.74, 6) is -0.867. The summed E-state index contributed by atoms with van der Waals surface area (Å²) in [6.45, 7) is 5.68. The maximum absolute atomic E-state index is 13.7. The van der Waals surface area contributed by atoms with Gasteiger partial charge in [0.1, 0.15) is 16.3 Å². The van der Waals surface area contributed by atoms with Gasteiger partial charge in [-0.05, 0) is 80.4 Å². The Labute approximate surface area is 316 Å². The minimum atomic E-state index is -0.577. The fourth-order valence-corrected chi connectivity index (χ4v) is 7.06. The first-order valence-electron chi connectivity index (χ1n) is 16.6. The number of amides is 3. The number of carbonyl (C=O) groups is 4. The van der Waals surface area contributed by atoms with Crippen LogP contribution < -0.4 is 25.4 Å². The molecule has 1 aromatic heterocycles. The minimum absolute atomic E-state index is 0.00441. The zero-order valence-corrected chi connectivity index (χ0v) is 31.5. The number of rotatable bonds is 14. The Balaban J connectivity index is 1.32. The zero-order valence-electron chi connectivity index (χ0n) is 29.9. The Morgan fingerprint density at radius 1 is 0.849 bits per heavy atom. The number of thioether (sulfide) groups is 1. The van der Waals surface area contributed by atoms with E-state index in [-0.39, 0.29) is 18.2 Å². The van der Waals surface area contributed by atoms with E-state index in [0.717, 1.165) is 11.1 Å². The first-order chi connectivity index (χ1) is 25.6. The van der Waals surface area contributed by atoms with E-state index < -0.39 is 23.0 Å². The van der Waals surface area contributed by atoms with Crippen LogP contribution in [0.1, 0.15) is 45.7 Å². The van der Waals surface area contributed by atoms with Crippen LogP contribution in [0, 0.1) is 6.92 Å². The van der Waals surface area contributed by atoms with Crippen molar-refractivity contribution in [3.63, 3.8) is 0 Å². The van der Waals surface area contributed by atoms with Gasteiger partial charge in [0, 0.05) is 27.1 Å². The molecule has 5 rings (SSSR count). The molecule has 3 amide bonds. The summed E-state index contributed by atoms with van der Waals surface area (Å²) in [6, 6.07) is 28.5. The maximum atomic E-state index is 13.7. The predicted octanol–water partition coefficient (Wildman–Crippen LogP) is 8.45. The lowest BCUT2D eigenvalue weighted by molar-refractivity contribution is -0.115. The van der Waals surface area contributed by atoms with E-state index >= 15 is 0 Å². The summed E-state index contributed by atoms with van der Waals surface area (Å²) in [4.78, 5) is 54.0. The molecule has 12 heteroatoms. The van der Waals surface area contributed by atoms with Crippen LogP contribution in [0.5, 0.6) is 11.5 Å². The van der Waals surface area contributed by atoms with E-state index in [9.17, 15) is 19.2 Å². The van der Waals surface area contributed by atoms with Crippen molar-refractivity contribution in [1.29, 1.82) is 0 Å². The van der Waals surface area contributed by atoms with Gasteiger partial charge in [-0.1, -0.05) is 60.2 Å². The van der Waals surface area contributed by atoms with E-state index in [1.54, 1.807) is 86.7 Å². The number of hydrogen-bond acceptors (Lipinski definition) is 9. The first-order valence-corrected chi connectivity index (χ1v) is 18.4. The van der Waals surface area contributed by atoms with Gasteiger partial charge in [0.2, 0.25) is 5.91 Å². The number of methoxy groups -OCH3 is 2. The molecule has 0 aliphatic heterocycles. The molecule has 0 radical (unpaired) electrons. The van der Waals surface area contributed by atoms with Crippen LogP contribution in [0.4, 0.5) is 10.7 Å².